The Balaban J connectivity index is 4.45. The molecule has 1 atom stereocenters. The average Bonchev–Trinajstić information content (AvgIpc) is 3.30. The van der Waals surface area contributed by atoms with Crippen LogP contribution in [0.3, 0.4) is 0 Å². The molecule has 370 valence electrons. The minimum atomic E-state index is -0.821. The summed E-state index contributed by atoms with van der Waals surface area (Å²) in [6.07, 6.45) is 69.9. The van der Waals surface area contributed by atoms with Gasteiger partial charge in [0.1, 0.15) is 13.2 Å². The lowest BCUT2D eigenvalue weighted by molar-refractivity contribution is -0.166. The molecular formula is C59H98O6. The van der Waals surface area contributed by atoms with Gasteiger partial charge in [-0.25, -0.2) is 0 Å². The fourth-order valence-corrected chi connectivity index (χ4v) is 7.05. The summed E-state index contributed by atoms with van der Waals surface area (Å²) in [5, 5.41) is 0. The summed E-state index contributed by atoms with van der Waals surface area (Å²) in [7, 11) is 0. The van der Waals surface area contributed by atoms with Crippen molar-refractivity contribution in [2.75, 3.05) is 13.2 Å². The predicted octanol–water partition coefficient (Wildman–Crippen LogP) is 17.8. The van der Waals surface area contributed by atoms with E-state index in [1.165, 1.54) is 116 Å². The van der Waals surface area contributed by atoms with Crippen molar-refractivity contribution in [3.63, 3.8) is 0 Å². The van der Waals surface area contributed by atoms with E-state index in [0.29, 0.717) is 25.7 Å². The predicted molar refractivity (Wildman–Crippen MR) is 279 cm³/mol. The third kappa shape index (κ3) is 51.2. The van der Waals surface area contributed by atoms with Gasteiger partial charge in [0.2, 0.25) is 0 Å². The monoisotopic (exact) mass is 903 g/mol. The number of rotatable bonds is 47. The van der Waals surface area contributed by atoms with E-state index in [4.69, 9.17) is 14.2 Å². The summed E-state index contributed by atoms with van der Waals surface area (Å²) in [4.78, 5) is 37.9. The zero-order valence-electron chi connectivity index (χ0n) is 42.2. The molecule has 0 saturated carbocycles. The van der Waals surface area contributed by atoms with Crippen LogP contribution in [0.25, 0.3) is 0 Å². The van der Waals surface area contributed by atoms with E-state index < -0.39 is 6.10 Å². The highest BCUT2D eigenvalue weighted by Crippen LogP contribution is 2.14. The Morgan fingerprint density at radius 2 is 0.646 bits per heavy atom. The molecule has 6 heteroatoms. The highest BCUT2D eigenvalue weighted by Gasteiger charge is 2.19. The van der Waals surface area contributed by atoms with Gasteiger partial charge in [0.15, 0.2) is 6.10 Å². The fourth-order valence-electron chi connectivity index (χ4n) is 7.05. The van der Waals surface area contributed by atoms with Crippen LogP contribution in [0.1, 0.15) is 239 Å². The van der Waals surface area contributed by atoms with Crippen LogP contribution in [0, 0.1) is 0 Å². The van der Waals surface area contributed by atoms with Crippen molar-refractivity contribution < 1.29 is 28.6 Å². The molecule has 0 rings (SSSR count). The quantitative estimate of drug-likeness (QED) is 0.0262. The molecular weight excluding hydrogens is 805 g/mol. The molecule has 0 aromatic carbocycles. The van der Waals surface area contributed by atoms with Crippen molar-refractivity contribution in [3.05, 3.63) is 97.2 Å². The van der Waals surface area contributed by atoms with Crippen LogP contribution >= 0.6 is 0 Å². The Labute approximate surface area is 400 Å². The van der Waals surface area contributed by atoms with Gasteiger partial charge in [0.25, 0.3) is 0 Å². The molecule has 0 amide bonds. The fraction of sp³-hybridized carbons (Fsp3) is 0.678. The molecule has 6 nitrogen and oxygen atoms in total. The summed E-state index contributed by atoms with van der Waals surface area (Å²) < 4.78 is 16.7. The van der Waals surface area contributed by atoms with Gasteiger partial charge in [-0.1, -0.05) is 214 Å². The highest BCUT2D eigenvalue weighted by atomic mass is 16.6. The summed E-state index contributed by atoms with van der Waals surface area (Å²) in [5.74, 6) is -1.04. The molecule has 0 saturated heterocycles. The van der Waals surface area contributed by atoms with Gasteiger partial charge >= 0.3 is 17.9 Å². The largest absolute Gasteiger partial charge is 0.462 e. The van der Waals surface area contributed by atoms with Gasteiger partial charge in [-0.2, -0.15) is 0 Å². The first-order chi connectivity index (χ1) is 32.0. The minimum Gasteiger partial charge on any atom is -0.462 e. The van der Waals surface area contributed by atoms with Crippen molar-refractivity contribution in [2.24, 2.45) is 0 Å². The Hall–Kier alpha value is -3.67. The van der Waals surface area contributed by atoms with E-state index in [0.717, 1.165) is 70.6 Å². The summed E-state index contributed by atoms with van der Waals surface area (Å²) in [6, 6.07) is 0. The Morgan fingerprint density at radius 1 is 0.323 bits per heavy atom. The molecule has 0 aliphatic carbocycles. The minimum absolute atomic E-state index is 0.118. The van der Waals surface area contributed by atoms with E-state index in [2.05, 4.69) is 106 Å². The molecule has 1 unspecified atom stereocenters. The Morgan fingerprint density at radius 3 is 1.09 bits per heavy atom. The molecule has 0 heterocycles. The van der Waals surface area contributed by atoms with Gasteiger partial charge in [-0.05, 0) is 103 Å². The number of ether oxygens (including phenoxy) is 3. The summed E-state index contributed by atoms with van der Waals surface area (Å²) in [5.41, 5.74) is 0. The van der Waals surface area contributed by atoms with Gasteiger partial charge in [0, 0.05) is 19.3 Å². The number of unbranched alkanes of at least 4 members (excludes halogenated alkanes) is 20. The first-order valence-corrected chi connectivity index (χ1v) is 26.7. The second-order valence-corrected chi connectivity index (χ2v) is 17.4. The third-order valence-corrected chi connectivity index (χ3v) is 11.1. The van der Waals surface area contributed by atoms with Crippen LogP contribution in [0.5, 0.6) is 0 Å². The second-order valence-electron chi connectivity index (χ2n) is 17.4. The lowest BCUT2D eigenvalue weighted by Crippen LogP contribution is -2.30. The molecule has 65 heavy (non-hydrogen) atoms. The first-order valence-electron chi connectivity index (χ1n) is 26.7. The first kappa shape index (κ1) is 61.3. The molecule has 0 aliphatic heterocycles. The third-order valence-electron chi connectivity index (χ3n) is 11.1. The van der Waals surface area contributed by atoms with Crippen LogP contribution in [-0.4, -0.2) is 37.2 Å². The molecule has 0 radical (unpaired) electrons. The van der Waals surface area contributed by atoms with Gasteiger partial charge in [-0.15, -0.1) is 0 Å². The van der Waals surface area contributed by atoms with Crippen LogP contribution < -0.4 is 0 Å². The van der Waals surface area contributed by atoms with Crippen molar-refractivity contribution >= 4 is 17.9 Å². The van der Waals surface area contributed by atoms with Crippen molar-refractivity contribution in [1.29, 1.82) is 0 Å². The van der Waals surface area contributed by atoms with Crippen molar-refractivity contribution in [3.8, 4) is 0 Å². The van der Waals surface area contributed by atoms with E-state index in [-0.39, 0.29) is 37.5 Å². The van der Waals surface area contributed by atoms with Crippen LogP contribution in [0.15, 0.2) is 97.2 Å². The van der Waals surface area contributed by atoms with Gasteiger partial charge in [0.05, 0.1) is 0 Å². The SMILES string of the molecule is CC/C=C\C/C=C\C/C=C\C/C=C\C/C=C\C/C=C\CCC(=O)OCC(COC(=O)CCC/C=C\CCCCCC)OC(=O)CCCCCCCCC/C=C\CCCCCCCCCC. The lowest BCUT2D eigenvalue weighted by atomic mass is 10.1. The zero-order valence-corrected chi connectivity index (χ0v) is 42.2. The number of carbonyl (C=O) groups excluding carboxylic acids is 3. The Bertz CT molecular complexity index is 1310. The van der Waals surface area contributed by atoms with Crippen LogP contribution in [0.2, 0.25) is 0 Å². The molecule has 0 fully saturated rings. The van der Waals surface area contributed by atoms with E-state index in [9.17, 15) is 14.4 Å². The number of allylic oxidation sites excluding steroid dienone is 16. The van der Waals surface area contributed by atoms with Crippen LogP contribution in [-0.2, 0) is 28.6 Å². The molecule has 0 spiro atoms. The van der Waals surface area contributed by atoms with E-state index >= 15 is 0 Å². The number of hydrogen-bond donors (Lipinski definition) is 0. The molecule has 0 N–H and O–H groups in total. The molecule has 0 aromatic heterocycles. The van der Waals surface area contributed by atoms with E-state index in [1.54, 1.807) is 0 Å². The maximum Gasteiger partial charge on any atom is 0.306 e. The molecule has 0 aliphatic rings. The normalized spacial score (nSPS) is 12.8. The average molecular weight is 903 g/mol. The highest BCUT2D eigenvalue weighted by molar-refractivity contribution is 5.71. The van der Waals surface area contributed by atoms with Gasteiger partial charge < -0.3 is 14.2 Å². The number of esters is 3. The second kappa shape index (κ2) is 52.9. The maximum atomic E-state index is 12.8. The smallest absolute Gasteiger partial charge is 0.306 e. The Kier molecular flexibility index (Phi) is 50.0. The lowest BCUT2D eigenvalue weighted by Gasteiger charge is -2.18. The summed E-state index contributed by atoms with van der Waals surface area (Å²) >= 11 is 0. The maximum absolute atomic E-state index is 12.8. The van der Waals surface area contributed by atoms with Crippen molar-refractivity contribution in [1.82, 2.24) is 0 Å². The zero-order chi connectivity index (χ0) is 47.2. The van der Waals surface area contributed by atoms with Gasteiger partial charge in [-0.3, -0.25) is 14.4 Å². The standard InChI is InChI=1S/C59H98O6/c1-4-7-10-13-16-19-21-23-25-27-29-31-33-35-37-40-43-46-49-52-58(61)64-55-56(54-63-57(60)51-48-45-42-39-18-15-12-9-6-3)65-59(62)53-50-47-44-41-38-36-34-32-30-28-26-24-22-20-17-14-11-8-5-2/h7,10,16,19,23,25,28-31,35,37,39,42-43,46,56H,4-6,8-9,11-15,17-18,20-22,24,26-27,32-34,36,38,40-41,44-45,47-55H2,1-3H3/b10-7-,19-16-,25-23-,30-28-,31-29-,37-35-,42-39-,46-43-. The number of hydrogen-bond acceptors (Lipinski definition) is 6. The van der Waals surface area contributed by atoms with Crippen LogP contribution in [0.4, 0.5) is 0 Å². The summed E-state index contributed by atoms with van der Waals surface area (Å²) in [6.45, 7) is 6.39. The topological polar surface area (TPSA) is 78.9 Å². The molecule has 0 bridgehead atoms. The van der Waals surface area contributed by atoms with Crippen molar-refractivity contribution in [2.45, 2.75) is 245 Å². The molecule has 0 aromatic rings. The van der Waals surface area contributed by atoms with E-state index in [1.807, 2.05) is 12.2 Å². The number of carbonyl (C=O) groups is 3.